The molecule has 4 aromatic rings. The summed E-state index contributed by atoms with van der Waals surface area (Å²) < 4.78 is 0.580. The number of non-ortho nitro benzene ring substituents is 1. The third-order valence-corrected chi connectivity index (χ3v) is 6.39. The van der Waals surface area contributed by atoms with Crippen LogP contribution in [0.2, 0.25) is 5.02 Å². The van der Waals surface area contributed by atoms with Crippen LogP contribution < -0.4 is 16.0 Å². The Kier molecular flexibility index (Phi) is 5.99. The van der Waals surface area contributed by atoms with Gasteiger partial charge in [-0.3, -0.25) is 25.5 Å². The summed E-state index contributed by atoms with van der Waals surface area (Å²) in [6.07, 6.45) is 0. The predicted molar refractivity (Wildman–Crippen MR) is 125 cm³/mol. The summed E-state index contributed by atoms with van der Waals surface area (Å²) in [4.78, 5) is 44.1. The van der Waals surface area contributed by atoms with Crippen molar-refractivity contribution in [3.05, 3.63) is 68.2 Å². The van der Waals surface area contributed by atoms with Gasteiger partial charge in [-0.1, -0.05) is 34.3 Å². The number of fused-ring (bicyclic) bond motifs is 1. The smallest absolute Gasteiger partial charge is 0.308 e. The summed E-state index contributed by atoms with van der Waals surface area (Å²) in [6, 6.07) is 10.4. The van der Waals surface area contributed by atoms with E-state index in [0.29, 0.717) is 36.6 Å². The van der Waals surface area contributed by atoms with Gasteiger partial charge in [0, 0.05) is 22.8 Å². The molecule has 13 heteroatoms. The fourth-order valence-electron chi connectivity index (χ4n) is 2.69. The van der Waals surface area contributed by atoms with Gasteiger partial charge < -0.3 is 5.32 Å². The molecule has 4 rings (SSSR count). The number of carbonyl (C=O) groups excluding carboxylic acids is 2. The van der Waals surface area contributed by atoms with Crippen molar-refractivity contribution in [2.45, 2.75) is 6.92 Å². The van der Waals surface area contributed by atoms with Gasteiger partial charge in [0.2, 0.25) is 0 Å². The maximum absolute atomic E-state index is 12.7. The van der Waals surface area contributed by atoms with Crippen molar-refractivity contribution in [2.75, 3.05) is 16.0 Å². The second-order valence-electron chi connectivity index (χ2n) is 6.40. The van der Waals surface area contributed by atoms with Gasteiger partial charge in [0.05, 0.1) is 20.8 Å². The highest BCUT2D eigenvalue weighted by atomic mass is 35.5. The summed E-state index contributed by atoms with van der Waals surface area (Å²) in [7, 11) is 0. The molecular weight excluding hydrogens is 476 g/mol. The second-order valence-corrected chi connectivity index (χ2v) is 8.87. The molecule has 0 spiro atoms. The largest absolute Gasteiger partial charge is 0.325 e. The van der Waals surface area contributed by atoms with Crippen molar-refractivity contribution in [3.8, 4) is 0 Å². The SMILES string of the molecule is Cc1nc(NC(=O)Nc2ccc(Cl)cc2)sc1C(=O)Nc1nc2ccc([N+](=O)[O-])cc2s1. The van der Waals surface area contributed by atoms with Crippen molar-refractivity contribution < 1.29 is 14.5 Å². The molecule has 0 aliphatic heterocycles. The molecule has 2 heterocycles. The normalized spacial score (nSPS) is 10.7. The number of thiazole rings is 2. The van der Waals surface area contributed by atoms with Crippen LogP contribution in [0, 0.1) is 17.0 Å². The maximum atomic E-state index is 12.7. The van der Waals surface area contributed by atoms with E-state index >= 15 is 0 Å². The first-order valence-electron chi connectivity index (χ1n) is 8.96. The zero-order chi connectivity index (χ0) is 22.8. The highest BCUT2D eigenvalue weighted by molar-refractivity contribution is 7.22. The Hall–Kier alpha value is -3.61. The number of anilines is 3. The number of aryl methyl sites for hydroxylation is 1. The van der Waals surface area contributed by atoms with E-state index < -0.39 is 16.9 Å². The Bertz CT molecular complexity index is 1350. The van der Waals surface area contributed by atoms with Crippen LogP contribution in [0.25, 0.3) is 10.2 Å². The van der Waals surface area contributed by atoms with E-state index in [-0.39, 0.29) is 10.8 Å². The van der Waals surface area contributed by atoms with Crippen LogP contribution in [-0.4, -0.2) is 26.8 Å². The van der Waals surface area contributed by atoms with Gasteiger partial charge in [0.15, 0.2) is 10.3 Å². The molecule has 3 amide bonds. The van der Waals surface area contributed by atoms with Crippen LogP contribution in [0.3, 0.4) is 0 Å². The number of nitrogens with one attached hydrogen (secondary N) is 3. The average Bonchev–Trinajstić information content (AvgIpc) is 3.31. The molecule has 0 aliphatic rings. The van der Waals surface area contributed by atoms with Crippen molar-refractivity contribution in [1.82, 2.24) is 9.97 Å². The highest BCUT2D eigenvalue weighted by Gasteiger charge is 2.19. The lowest BCUT2D eigenvalue weighted by atomic mass is 10.3. The number of amides is 3. The summed E-state index contributed by atoms with van der Waals surface area (Å²) in [5.41, 5.74) is 1.48. The summed E-state index contributed by atoms with van der Waals surface area (Å²) in [6.45, 7) is 1.65. The molecule has 0 saturated heterocycles. The zero-order valence-electron chi connectivity index (χ0n) is 16.2. The van der Waals surface area contributed by atoms with Crippen molar-refractivity contribution in [2.24, 2.45) is 0 Å². The molecule has 162 valence electrons. The predicted octanol–water partition coefficient (Wildman–Crippen LogP) is 5.52. The number of nitro groups is 1. The number of hydrogen-bond acceptors (Lipinski definition) is 8. The van der Waals surface area contributed by atoms with E-state index in [1.807, 2.05) is 0 Å². The van der Waals surface area contributed by atoms with Crippen LogP contribution >= 0.6 is 34.3 Å². The monoisotopic (exact) mass is 488 g/mol. The molecule has 2 aromatic heterocycles. The molecule has 0 bridgehead atoms. The Morgan fingerprint density at radius 1 is 1.00 bits per heavy atom. The van der Waals surface area contributed by atoms with Crippen LogP contribution in [-0.2, 0) is 0 Å². The first kappa shape index (κ1) is 21.6. The van der Waals surface area contributed by atoms with Crippen LogP contribution in [0.4, 0.5) is 26.4 Å². The molecule has 3 N–H and O–H groups in total. The highest BCUT2D eigenvalue weighted by Crippen LogP contribution is 2.30. The number of carbonyl (C=O) groups is 2. The Labute approximate surface area is 193 Å². The third kappa shape index (κ3) is 4.82. The number of hydrogen-bond donors (Lipinski definition) is 3. The van der Waals surface area contributed by atoms with Crippen molar-refractivity contribution >= 4 is 78.1 Å². The topological polar surface area (TPSA) is 139 Å². The standard InChI is InChI=1S/C19H13ClN6O4S2/c1-9-15(32-18(21-9)25-17(28)22-11-4-2-10(20)3-5-11)16(27)24-19-23-13-7-6-12(26(29)30)8-14(13)31-19/h2-8H,1H3,(H,23,24,27)(H2,21,22,25,28). The van der Waals surface area contributed by atoms with E-state index in [1.54, 1.807) is 31.2 Å². The van der Waals surface area contributed by atoms with E-state index in [4.69, 9.17) is 11.6 Å². The molecule has 0 radical (unpaired) electrons. The molecular formula is C19H13ClN6O4S2. The minimum absolute atomic E-state index is 0.0510. The minimum Gasteiger partial charge on any atom is -0.308 e. The Morgan fingerprint density at radius 3 is 2.44 bits per heavy atom. The molecule has 0 unspecified atom stereocenters. The summed E-state index contributed by atoms with van der Waals surface area (Å²) in [5.74, 6) is -0.445. The number of halogens is 1. The number of benzene rings is 2. The van der Waals surface area contributed by atoms with E-state index in [2.05, 4.69) is 25.9 Å². The van der Waals surface area contributed by atoms with Crippen LogP contribution in [0.15, 0.2) is 42.5 Å². The Morgan fingerprint density at radius 2 is 1.72 bits per heavy atom. The Balaban J connectivity index is 1.44. The number of rotatable bonds is 5. The first-order valence-corrected chi connectivity index (χ1v) is 11.0. The average molecular weight is 489 g/mol. The summed E-state index contributed by atoms with van der Waals surface area (Å²) in [5, 5.41) is 19.9. The van der Waals surface area contributed by atoms with E-state index in [1.165, 1.54) is 18.2 Å². The van der Waals surface area contributed by atoms with Crippen molar-refractivity contribution in [1.29, 1.82) is 0 Å². The van der Waals surface area contributed by atoms with Gasteiger partial charge in [-0.2, -0.15) is 0 Å². The molecule has 10 nitrogen and oxygen atoms in total. The molecule has 0 saturated carbocycles. The van der Waals surface area contributed by atoms with E-state index in [9.17, 15) is 19.7 Å². The lowest BCUT2D eigenvalue weighted by Gasteiger charge is -2.05. The van der Waals surface area contributed by atoms with E-state index in [0.717, 1.165) is 22.7 Å². The summed E-state index contributed by atoms with van der Waals surface area (Å²) >= 11 is 7.96. The fourth-order valence-corrected chi connectivity index (χ4v) is 4.56. The second kappa shape index (κ2) is 8.86. The lowest BCUT2D eigenvalue weighted by molar-refractivity contribution is -0.384. The maximum Gasteiger partial charge on any atom is 0.325 e. The lowest BCUT2D eigenvalue weighted by Crippen LogP contribution is -2.19. The molecule has 0 fully saturated rings. The number of nitrogens with zero attached hydrogens (tertiary/aromatic N) is 3. The number of urea groups is 1. The van der Waals surface area contributed by atoms with Gasteiger partial charge in [0.1, 0.15) is 4.88 Å². The molecule has 0 aliphatic carbocycles. The number of nitro benzene ring substituents is 1. The van der Waals surface area contributed by atoms with Gasteiger partial charge >= 0.3 is 6.03 Å². The van der Waals surface area contributed by atoms with Gasteiger partial charge in [0.25, 0.3) is 11.6 Å². The number of aromatic nitrogens is 2. The quantitative estimate of drug-likeness (QED) is 0.249. The molecule has 0 atom stereocenters. The van der Waals surface area contributed by atoms with Gasteiger partial charge in [-0.15, -0.1) is 0 Å². The van der Waals surface area contributed by atoms with Crippen molar-refractivity contribution in [3.63, 3.8) is 0 Å². The van der Waals surface area contributed by atoms with Crippen LogP contribution in [0.1, 0.15) is 15.4 Å². The van der Waals surface area contributed by atoms with Gasteiger partial charge in [-0.05, 0) is 37.3 Å². The van der Waals surface area contributed by atoms with Crippen LogP contribution in [0.5, 0.6) is 0 Å². The third-order valence-electron chi connectivity index (χ3n) is 4.13. The van der Waals surface area contributed by atoms with Gasteiger partial charge in [-0.25, -0.2) is 14.8 Å². The molecule has 32 heavy (non-hydrogen) atoms. The molecule has 2 aromatic carbocycles. The fraction of sp³-hybridized carbons (Fsp3) is 0.0526. The zero-order valence-corrected chi connectivity index (χ0v) is 18.6. The first-order chi connectivity index (χ1) is 15.3. The minimum atomic E-state index is -0.513.